The van der Waals surface area contributed by atoms with Crippen LogP contribution in [0.15, 0.2) is 77.5 Å². The molecule has 0 aliphatic carbocycles. The van der Waals surface area contributed by atoms with E-state index in [-0.39, 0.29) is 5.78 Å². The molecule has 0 aromatic heterocycles. The van der Waals surface area contributed by atoms with Gasteiger partial charge in [-0.2, -0.15) is 0 Å². The van der Waals surface area contributed by atoms with Crippen LogP contribution in [0.4, 0.5) is 0 Å². The predicted octanol–water partition coefficient (Wildman–Crippen LogP) is 5.11. The minimum absolute atomic E-state index is 0.0877. The van der Waals surface area contributed by atoms with Crippen molar-refractivity contribution in [1.29, 1.82) is 0 Å². The average molecular weight is 334 g/mol. The van der Waals surface area contributed by atoms with E-state index in [2.05, 4.69) is 19.6 Å². The van der Waals surface area contributed by atoms with E-state index in [1.807, 2.05) is 66.7 Å². The summed E-state index contributed by atoms with van der Waals surface area (Å²) in [5.41, 5.74) is 2.55. The van der Waals surface area contributed by atoms with Crippen molar-refractivity contribution in [2.45, 2.75) is 19.6 Å². The van der Waals surface area contributed by atoms with Gasteiger partial charge in [-0.1, -0.05) is 80.3 Å². The lowest BCUT2D eigenvalue weighted by molar-refractivity contribution is 0.103. The number of hydrogen-bond donors (Lipinski definition) is 0. The first kappa shape index (κ1) is 16.5. The zero-order chi connectivity index (χ0) is 17.2. The smallest absolute Gasteiger partial charge is 0.192 e. The summed E-state index contributed by atoms with van der Waals surface area (Å²) in [4.78, 5) is 13.1. The lowest BCUT2D eigenvalue weighted by atomic mass is 10.00. The summed E-state index contributed by atoms with van der Waals surface area (Å²) in [7, 11) is -1.66. The van der Waals surface area contributed by atoms with Gasteiger partial charge in [0, 0.05) is 16.7 Å². The number of ether oxygens (including phenoxy) is 1. The second-order valence-corrected chi connectivity index (χ2v) is 12.1. The molecule has 1 heterocycles. The molecule has 0 spiro atoms. The summed E-state index contributed by atoms with van der Waals surface area (Å²) >= 11 is 0. The van der Waals surface area contributed by atoms with Gasteiger partial charge in [0.15, 0.2) is 5.78 Å². The van der Waals surface area contributed by atoms with Gasteiger partial charge in [0.1, 0.15) is 12.4 Å². The molecule has 3 heteroatoms. The number of rotatable bonds is 4. The van der Waals surface area contributed by atoms with Gasteiger partial charge in [-0.15, -0.1) is 0 Å². The van der Waals surface area contributed by atoms with Crippen molar-refractivity contribution in [1.82, 2.24) is 0 Å². The normalized spacial score (nSPS) is 14.9. The average Bonchev–Trinajstić information content (AvgIpc) is 2.61. The number of carbonyl (C=O) groups is 1. The second kappa shape index (κ2) is 6.61. The number of ketones is 1. The molecule has 0 radical (unpaired) electrons. The van der Waals surface area contributed by atoms with E-state index >= 15 is 0 Å². The Morgan fingerprint density at radius 1 is 0.917 bits per heavy atom. The van der Waals surface area contributed by atoms with Crippen molar-refractivity contribution in [3.63, 3.8) is 0 Å². The van der Waals surface area contributed by atoms with Crippen LogP contribution >= 0.6 is 0 Å². The zero-order valence-corrected chi connectivity index (χ0v) is 15.4. The van der Waals surface area contributed by atoms with Crippen molar-refractivity contribution in [2.75, 3.05) is 6.61 Å². The fraction of sp³-hybridized carbons (Fsp3) is 0.190. The summed E-state index contributed by atoms with van der Waals surface area (Å²) in [6.45, 7) is 7.27. The summed E-state index contributed by atoms with van der Waals surface area (Å²) in [6.07, 6.45) is 1.93. The molecule has 1 aliphatic rings. The van der Waals surface area contributed by atoms with Gasteiger partial charge >= 0.3 is 0 Å². The van der Waals surface area contributed by atoms with Crippen LogP contribution in [-0.4, -0.2) is 20.5 Å². The molecular formula is C21H22O2Si. The van der Waals surface area contributed by atoms with E-state index in [9.17, 15) is 4.79 Å². The predicted molar refractivity (Wildman–Crippen MR) is 102 cm³/mol. The van der Waals surface area contributed by atoms with E-state index in [0.717, 1.165) is 22.5 Å². The van der Waals surface area contributed by atoms with Crippen molar-refractivity contribution in [2.24, 2.45) is 0 Å². The Bertz CT molecular complexity index is 797. The second-order valence-electron chi connectivity index (χ2n) is 7.00. The molecule has 2 aromatic rings. The van der Waals surface area contributed by atoms with E-state index < -0.39 is 8.07 Å². The maximum Gasteiger partial charge on any atom is 0.192 e. The highest BCUT2D eigenvalue weighted by atomic mass is 28.3. The molecular weight excluding hydrogens is 312 g/mol. The van der Waals surface area contributed by atoms with Crippen LogP contribution in [0.5, 0.6) is 0 Å². The van der Waals surface area contributed by atoms with Crippen molar-refractivity contribution < 1.29 is 9.53 Å². The minimum Gasteiger partial charge on any atom is -0.489 e. The molecule has 0 N–H and O–H groups in total. The molecule has 1 aliphatic heterocycles. The van der Waals surface area contributed by atoms with Crippen LogP contribution in [0, 0.1) is 0 Å². The molecule has 2 aromatic carbocycles. The molecule has 2 nitrogen and oxygen atoms in total. The van der Waals surface area contributed by atoms with Crippen molar-refractivity contribution in [3.05, 3.63) is 88.6 Å². The highest BCUT2D eigenvalue weighted by Gasteiger charge is 2.30. The third-order valence-electron chi connectivity index (χ3n) is 4.22. The Kier molecular flexibility index (Phi) is 4.54. The van der Waals surface area contributed by atoms with Gasteiger partial charge in [0.25, 0.3) is 0 Å². The van der Waals surface area contributed by atoms with E-state index in [0.29, 0.717) is 6.61 Å². The standard InChI is InChI=1S/C21H22O2Si/c1-24(2,3)20-15-23-19(16-10-6-4-7-11-16)14-18(20)21(22)17-12-8-5-9-13-17/h4-14H,15H2,1-3H3. The van der Waals surface area contributed by atoms with Crippen LogP contribution < -0.4 is 0 Å². The Labute approximate surface area is 144 Å². The molecule has 0 bridgehead atoms. The molecule has 0 atom stereocenters. The third-order valence-corrected chi connectivity index (χ3v) is 6.44. The van der Waals surface area contributed by atoms with Gasteiger partial charge in [0.05, 0.1) is 8.07 Å². The summed E-state index contributed by atoms with van der Waals surface area (Å²) in [6, 6.07) is 19.5. The SMILES string of the molecule is C[Si](C)(C)C1=C(C(=O)c2ccccc2)C=C(c2ccccc2)OC1. The van der Waals surface area contributed by atoms with Crippen LogP contribution in [0.3, 0.4) is 0 Å². The molecule has 122 valence electrons. The Hall–Kier alpha value is -2.39. The third kappa shape index (κ3) is 3.41. The minimum atomic E-state index is -1.66. The van der Waals surface area contributed by atoms with Gasteiger partial charge in [-0.25, -0.2) is 0 Å². The van der Waals surface area contributed by atoms with E-state index in [4.69, 9.17) is 4.74 Å². The fourth-order valence-corrected chi connectivity index (χ4v) is 4.32. The first-order valence-corrected chi connectivity index (χ1v) is 11.7. The van der Waals surface area contributed by atoms with Crippen LogP contribution in [0.2, 0.25) is 19.6 Å². The van der Waals surface area contributed by atoms with Gasteiger partial charge in [-0.05, 0) is 11.3 Å². The Morgan fingerprint density at radius 2 is 1.50 bits per heavy atom. The molecule has 0 saturated heterocycles. The topological polar surface area (TPSA) is 26.3 Å². The fourth-order valence-electron chi connectivity index (χ4n) is 2.82. The molecule has 24 heavy (non-hydrogen) atoms. The number of benzene rings is 2. The summed E-state index contributed by atoms with van der Waals surface area (Å²) in [5, 5.41) is 1.18. The number of allylic oxidation sites excluding steroid dienone is 2. The lowest BCUT2D eigenvalue weighted by Crippen LogP contribution is -2.31. The van der Waals surface area contributed by atoms with Gasteiger partial charge in [-0.3, -0.25) is 4.79 Å². The molecule has 0 amide bonds. The quantitative estimate of drug-likeness (QED) is 0.573. The molecule has 0 fully saturated rings. The van der Waals surface area contributed by atoms with Crippen LogP contribution in [0.1, 0.15) is 15.9 Å². The Balaban J connectivity index is 2.10. The number of Topliss-reactive ketones (excluding diaryl/α,β-unsaturated/α-hetero) is 1. The summed E-state index contributed by atoms with van der Waals surface area (Å²) < 4.78 is 6.01. The van der Waals surface area contributed by atoms with Gasteiger partial charge < -0.3 is 4.74 Å². The highest BCUT2D eigenvalue weighted by Crippen LogP contribution is 2.31. The Morgan fingerprint density at radius 3 is 2.08 bits per heavy atom. The highest BCUT2D eigenvalue weighted by molar-refractivity contribution is 6.83. The molecule has 0 saturated carbocycles. The first-order chi connectivity index (χ1) is 11.5. The monoisotopic (exact) mass is 334 g/mol. The number of hydrogen-bond acceptors (Lipinski definition) is 2. The van der Waals surface area contributed by atoms with E-state index in [1.165, 1.54) is 5.20 Å². The number of carbonyl (C=O) groups excluding carboxylic acids is 1. The van der Waals surface area contributed by atoms with E-state index in [1.54, 1.807) is 0 Å². The first-order valence-electron chi connectivity index (χ1n) is 8.20. The zero-order valence-electron chi connectivity index (χ0n) is 14.4. The lowest BCUT2D eigenvalue weighted by Gasteiger charge is -2.28. The van der Waals surface area contributed by atoms with Gasteiger partial charge in [0.2, 0.25) is 0 Å². The van der Waals surface area contributed by atoms with Crippen LogP contribution in [-0.2, 0) is 4.74 Å². The van der Waals surface area contributed by atoms with Crippen LogP contribution in [0.25, 0.3) is 5.76 Å². The van der Waals surface area contributed by atoms with Crippen molar-refractivity contribution >= 4 is 19.6 Å². The summed E-state index contributed by atoms with van der Waals surface area (Å²) in [5.74, 6) is 0.863. The maximum atomic E-state index is 13.1. The largest absolute Gasteiger partial charge is 0.489 e. The molecule has 0 unspecified atom stereocenters. The maximum absolute atomic E-state index is 13.1. The van der Waals surface area contributed by atoms with Crippen molar-refractivity contribution in [3.8, 4) is 0 Å². The molecule has 3 rings (SSSR count).